The van der Waals surface area contributed by atoms with Gasteiger partial charge in [0, 0.05) is 29.7 Å². The fourth-order valence-corrected chi connectivity index (χ4v) is 4.19. The van der Waals surface area contributed by atoms with Crippen LogP contribution in [0.5, 0.6) is 0 Å². The molecule has 0 saturated carbocycles. The molecule has 0 aliphatic carbocycles. The van der Waals surface area contributed by atoms with Crippen molar-refractivity contribution >= 4 is 22.9 Å². The minimum atomic E-state index is 0.0394. The number of nitrogens with zero attached hydrogens (tertiary/aromatic N) is 3. The van der Waals surface area contributed by atoms with Gasteiger partial charge in [-0.1, -0.05) is 18.2 Å². The summed E-state index contributed by atoms with van der Waals surface area (Å²) in [7, 11) is 0. The second-order valence-electron chi connectivity index (χ2n) is 6.03. The van der Waals surface area contributed by atoms with Gasteiger partial charge in [0.15, 0.2) is 0 Å². The van der Waals surface area contributed by atoms with Gasteiger partial charge < -0.3 is 4.90 Å². The summed E-state index contributed by atoms with van der Waals surface area (Å²) in [4.78, 5) is 24.5. The summed E-state index contributed by atoms with van der Waals surface area (Å²) in [5.41, 5.74) is 3.97. The SMILES string of the molecule is Cc1nc(-c2cccnc2)sc1C(=O)N1c2ccccc2C[C@H]1C. The quantitative estimate of drug-likeness (QED) is 0.708. The summed E-state index contributed by atoms with van der Waals surface area (Å²) in [6.07, 6.45) is 4.41. The monoisotopic (exact) mass is 335 g/mol. The fraction of sp³-hybridized carbons (Fsp3) is 0.211. The number of benzene rings is 1. The van der Waals surface area contributed by atoms with Gasteiger partial charge in [0.1, 0.15) is 9.88 Å². The number of carbonyl (C=O) groups excluding carboxylic acids is 1. The number of pyridine rings is 1. The van der Waals surface area contributed by atoms with Crippen LogP contribution < -0.4 is 4.90 Å². The number of carbonyl (C=O) groups is 1. The van der Waals surface area contributed by atoms with E-state index < -0.39 is 0 Å². The topological polar surface area (TPSA) is 46.1 Å². The molecule has 1 aliphatic heterocycles. The van der Waals surface area contributed by atoms with Gasteiger partial charge in [-0.05, 0) is 44.0 Å². The van der Waals surface area contributed by atoms with Crippen molar-refractivity contribution in [3.8, 4) is 10.6 Å². The van der Waals surface area contributed by atoms with Crippen molar-refractivity contribution < 1.29 is 4.79 Å². The second kappa shape index (κ2) is 5.83. The van der Waals surface area contributed by atoms with E-state index in [4.69, 9.17) is 0 Å². The van der Waals surface area contributed by atoms with Crippen LogP contribution in [0.25, 0.3) is 10.6 Å². The van der Waals surface area contributed by atoms with E-state index in [9.17, 15) is 4.79 Å². The Morgan fingerprint density at radius 1 is 1.25 bits per heavy atom. The number of hydrogen-bond donors (Lipinski definition) is 0. The molecule has 0 fully saturated rings. The van der Waals surface area contributed by atoms with Gasteiger partial charge in [0.05, 0.1) is 5.69 Å². The number of amides is 1. The van der Waals surface area contributed by atoms with E-state index in [2.05, 4.69) is 23.0 Å². The molecule has 0 N–H and O–H groups in total. The van der Waals surface area contributed by atoms with E-state index in [0.29, 0.717) is 4.88 Å². The van der Waals surface area contributed by atoms with Gasteiger partial charge in [-0.25, -0.2) is 4.98 Å². The molecule has 0 unspecified atom stereocenters. The number of hydrogen-bond acceptors (Lipinski definition) is 4. The van der Waals surface area contributed by atoms with Crippen molar-refractivity contribution in [2.24, 2.45) is 0 Å². The van der Waals surface area contributed by atoms with Crippen LogP contribution in [0.2, 0.25) is 0 Å². The minimum absolute atomic E-state index is 0.0394. The van der Waals surface area contributed by atoms with Crippen LogP contribution in [0.15, 0.2) is 48.8 Å². The maximum absolute atomic E-state index is 13.2. The molecule has 5 heteroatoms. The van der Waals surface area contributed by atoms with Crippen LogP contribution in [0.3, 0.4) is 0 Å². The highest BCUT2D eigenvalue weighted by molar-refractivity contribution is 7.17. The Balaban J connectivity index is 1.72. The van der Waals surface area contributed by atoms with Crippen molar-refractivity contribution in [1.82, 2.24) is 9.97 Å². The zero-order valence-corrected chi connectivity index (χ0v) is 14.4. The van der Waals surface area contributed by atoms with E-state index >= 15 is 0 Å². The second-order valence-corrected chi connectivity index (χ2v) is 7.03. The number of aromatic nitrogens is 2. The largest absolute Gasteiger partial charge is 0.304 e. The van der Waals surface area contributed by atoms with Crippen LogP contribution >= 0.6 is 11.3 Å². The van der Waals surface area contributed by atoms with Gasteiger partial charge >= 0.3 is 0 Å². The van der Waals surface area contributed by atoms with E-state index in [1.54, 1.807) is 12.4 Å². The number of para-hydroxylation sites is 1. The number of aryl methyl sites for hydroxylation is 1. The highest BCUT2D eigenvalue weighted by atomic mass is 32.1. The first-order chi connectivity index (χ1) is 11.6. The highest BCUT2D eigenvalue weighted by Crippen LogP contribution is 2.35. The first-order valence-electron chi connectivity index (χ1n) is 7.94. The lowest BCUT2D eigenvalue weighted by molar-refractivity contribution is 0.0984. The van der Waals surface area contributed by atoms with E-state index in [1.807, 2.05) is 42.2 Å². The Bertz CT molecular complexity index is 904. The molecule has 2 aromatic heterocycles. The Morgan fingerprint density at radius 3 is 2.88 bits per heavy atom. The number of thiazole rings is 1. The van der Waals surface area contributed by atoms with Gasteiger partial charge in [0.2, 0.25) is 0 Å². The average Bonchev–Trinajstić information content (AvgIpc) is 3.14. The molecule has 1 atom stereocenters. The van der Waals surface area contributed by atoms with E-state index in [1.165, 1.54) is 16.9 Å². The summed E-state index contributed by atoms with van der Waals surface area (Å²) in [6.45, 7) is 3.99. The lowest BCUT2D eigenvalue weighted by Gasteiger charge is -2.22. The van der Waals surface area contributed by atoms with Gasteiger partial charge in [-0.2, -0.15) is 0 Å². The third-order valence-corrected chi connectivity index (χ3v) is 5.52. The van der Waals surface area contributed by atoms with Crippen LogP contribution in [0.1, 0.15) is 27.9 Å². The number of anilines is 1. The molecule has 0 spiro atoms. The van der Waals surface area contributed by atoms with Crippen LogP contribution in [-0.2, 0) is 6.42 Å². The zero-order chi connectivity index (χ0) is 16.7. The van der Waals surface area contributed by atoms with Crippen molar-refractivity contribution in [1.29, 1.82) is 0 Å². The molecule has 4 rings (SSSR count). The molecule has 0 bridgehead atoms. The predicted octanol–water partition coefficient (Wildman–Crippen LogP) is 4.10. The summed E-state index contributed by atoms with van der Waals surface area (Å²) in [5.74, 6) is 0.0394. The Kier molecular flexibility index (Phi) is 3.65. The van der Waals surface area contributed by atoms with Crippen LogP contribution in [-0.4, -0.2) is 21.9 Å². The molecule has 120 valence electrons. The zero-order valence-electron chi connectivity index (χ0n) is 13.6. The molecule has 0 radical (unpaired) electrons. The van der Waals surface area contributed by atoms with Crippen molar-refractivity contribution in [2.75, 3.05) is 4.90 Å². The van der Waals surface area contributed by atoms with Crippen molar-refractivity contribution in [3.05, 3.63) is 64.9 Å². The predicted molar refractivity (Wildman–Crippen MR) is 96.5 cm³/mol. The first kappa shape index (κ1) is 15.0. The van der Waals surface area contributed by atoms with E-state index in [-0.39, 0.29) is 11.9 Å². The average molecular weight is 335 g/mol. The Hall–Kier alpha value is -2.53. The standard InChI is InChI=1S/C19H17N3OS/c1-12-10-14-6-3-4-8-16(14)22(12)19(23)17-13(2)21-18(24-17)15-7-5-9-20-11-15/h3-9,11-12H,10H2,1-2H3/t12-/m1/s1. The Labute approximate surface area is 144 Å². The van der Waals surface area contributed by atoms with Crippen molar-refractivity contribution in [2.45, 2.75) is 26.3 Å². The normalized spacial score (nSPS) is 16.2. The highest BCUT2D eigenvalue weighted by Gasteiger charge is 2.33. The molecule has 3 heterocycles. The fourth-order valence-electron chi connectivity index (χ4n) is 3.19. The minimum Gasteiger partial charge on any atom is -0.304 e. The molecule has 24 heavy (non-hydrogen) atoms. The molecule has 4 nitrogen and oxygen atoms in total. The summed E-state index contributed by atoms with van der Waals surface area (Å²) < 4.78 is 0. The molecular formula is C19H17N3OS. The molecule has 1 aliphatic rings. The number of fused-ring (bicyclic) bond motifs is 1. The van der Waals surface area contributed by atoms with Gasteiger partial charge in [0.25, 0.3) is 5.91 Å². The molecule has 1 aromatic carbocycles. The smallest absolute Gasteiger partial charge is 0.270 e. The van der Waals surface area contributed by atoms with Crippen molar-refractivity contribution in [3.63, 3.8) is 0 Å². The lowest BCUT2D eigenvalue weighted by Crippen LogP contribution is -2.35. The van der Waals surface area contributed by atoms with E-state index in [0.717, 1.165) is 28.4 Å². The maximum atomic E-state index is 13.2. The number of rotatable bonds is 2. The van der Waals surface area contributed by atoms with Crippen LogP contribution in [0.4, 0.5) is 5.69 Å². The summed E-state index contributed by atoms with van der Waals surface area (Å²) in [5, 5.41) is 0.837. The summed E-state index contributed by atoms with van der Waals surface area (Å²) >= 11 is 1.44. The van der Waals surface area contributed by atoms with Crippen LogP contribution in [0, 0.1) is 6.92 Å². The molecule has 1 amide bonds. The molecular weight excluding hydrogens is 318 g/mol. The maximum Gasteiger partial charge on any atom is 0.270 e. The summed E-state index contributed by atoms with van der Waals surface area (Å²) in [6, 6.07) is 12.1. The first-order valence-corrected chi connectivity index (χ1v) is 8.76. The Morgan fingerprint density at radius 2 is 2.08 bits per heavy atom. The lowest BCUT2D eigenvalue weighted by atomic mass is 10.1. The third kappa shape index (κ3) is 2.41. The van der Waals surface area contributed by atoms with Gasteiger partial charge in [-0.3, -0.25) is 9.78 Å². The van der Waals surface area contributed by atoms with Gasteiger partial charge in [-0.15, -0.1) is 11.3 Å². The molecule has 0 saturated heterocycles. The third-order valence-electron chi connectivity index (χ3n) is 4.33. The molecule has 3 aromatic rings.